The van der Waals surface area contributed by atoms with E-state index in [0.29, 0.717) is 42.6 Å². The average Bonchev–Trinajstić information content (AvgIpc) is 2.76. The number of ether oxygens (including phenoxy) is 3. The summed E-state index contributed by atoms with van der Waals surface area (Å²) in [6, 6.07) is 10.8. The number of carbonyl (C=O) groups excluding carboxylic acids is 1. The Hall–Kier alpha value is -2.94. The first-order valence-electron chi connectivity index (χ1n) is 10.1. The van der Waals surface area contributed by atoms with Gasteiger partial charge in [0.2, 0.25) is 15.9 Å². The van der Waals surface area contributed by atoms with Crippen molar-refractivity contribution in [1.29, 1.82) is 0 Å². The first-order chi connectivity index (χ1) is 14.7. The Kier molecular flexibility index (Phi) is 6.94. The Morgan fingerprint density at radius 1 is 1.13 bits per heavy atom. The highest BCUT2D eigenvalue weighted by atomic mass is 32.2. The number of hydrogen-bond acceptors (Lipinski definition) is 6. The van der Waals surface area contributed by atoms with Crippen LogP contribution in [0.4, 0.5) is 5.69 Å². The normalized spacial score (nSPS) is 15.0. The molecule has 1 N–H and O–H groups in total. The van der Waals surface area contributed by atoms with E-state index in [0.717, 1.165) is 16.1 Å². The molecule has 168 valence electrons. The third-order valence-corrected chi connectivity index (χ3v) is 6.26. The van der Waals surface area contributed by atoms with E-state index in [1.165, 1.54) is 7.11 Å². The van der Waals surface area contributed by atoms with Crippen LogP contribution < -0.4 is 23.8 Å². The molecule has 3 rings (SSSR count). The van der Waals surface area contributed by atoms with E-state index in [1.54, 1.807) is 31.2 Å². The Labute approximate surface area is 183 Å². The van der Waals surface area contributed by atoms with Crippen molar-refractivity contribution in [1.82, 2.24) is 5.32 Å². The number of benzene rings is 2. The molecule has 0 bridgehead atoms. The predicted molar refractivity (Wildman–Crippen MR) is 118 cm³/mol. The van der Waals surface area contributed by atoms with Gasteiger partial charge in [-0.05, 0) is 55.3 Å². The zero-order valence-electron chi connectivity index (χ0n) is 18.1. The predicted octanol–water partition coefficient (Wildman–Crippen LogP) is 2.89. The number of rotatable bonds is 8. The molecule has 1 aliphatic heterocycles. The fourth-order valence-electron chi connectivity index (χ4n) is 3.51. The molecular formula is C22H28N2O6S. The molecule has 31 heavy (non-hydrogen) atoms. The summed E-state index contributed by atoms with van der Waals surface area (Å²) in [4.78, 5) is 13.1. The number of sulfonamides is 1. The minimum Gasteiger partial charge on any atom is -0.497 e. The van der Waals surface area contributed by atoms with Crippen LogP contribution in [-0.4, -0.2) is 46.9 Å². The van der Waals surface area contributed by atoms with Crippen molar-refractivity contribution < 1.29 is 27.4 Å². The van der Waals surface area contributed by atoms with Crippen LogP contribution in [0, 0.1) is 0 Å². The topological polar surface area (TPSA) is 94.2 Å². The molecule has 2 atom stereocenters. The number of amides is 1. The second kappa shape index (κ2) is 9.47. The van der Waals surface area contributed by atoms with Gasteiger partial charge in [-0.3, -0.25) is 9.10 Å². The molecule has 0 saturated carbocycles. The maximum absolute atomic E-state index is 13.1. The Balaban J connectivity index is 1.82. The molecule has 0 radical (unpaired) electrons. The van der Waals surface area contributed by atoms with Gasteiger partial charge >= 0.3 is 0 Å². The number of carbonyl (C=O) groups is 1. The van der Waals surface area contributed by atoms with Gasteiger partial charge in [-0.25, -0.2) is 8.42 Å². The number of nitrogens with one attached hydrogen (secondary N) is 1. The van der Waals surface area contributed by atoms with Crippen molar-refractivity contribution in [2.24, 2.45) is 0 Å². The first kappa shape index (κ1) is 22.7. The minimum absolute atomic E-state index is 0.304. The van der Waals surface area contributed by atoms with Crippen LogP contribution in [0.1, 0.15) is 31.9 Å². The number of methoxy groups -OCH3 is 1. The summed E-state index contributed by atoms with van der Waals surface area (Å²) in [5, 5.41) is 2.93. The quantitative estimate of drug-likeness (QED) is 0.667. The molecule has 1 heterocycles. The van der Waals surface area contributed by atoms with Crippen LogP contribution in [0.2, 0.25) is 0 Å². The van der Waals surface area contributed by atoms with E-state index in [2.05, 4.69) is 5.32 Å². The fraction of sp³-hybridized carbons (Fsp3) is 0.409. The van der Waals surface area contributed by atoms with Gasteiger partial charge < -0.3 is 19.5 Å². The van der Waals surface area contributed by atoms with Gasteiger partial charge in [0.1, 0.15) is 25.0 Å². The SMILES string of the molecule is CC[C@@H](C(=O)N[C@@H](C)c1ccc2c(c1)OCCO2)N(c1ccc(OC)cc1)S(C)(=O)=O. The smallest absolute Gasteiger partial charge is 0.244 e. The molecule has 0 spiro atoms. The lowest BCUT2D eigenvalue weighted by Crippen LogP contribution is -2.49. The molecule has 0 aromatic heterocycles. The first-order valence-corrected chi connectivity index (χ1v) is 11.9. The summed E-state index contributed by atoms with van der Waals surface area (Å²) >= 11 is 0. The molecule has 0 aliphatic carbocycles. The maximum Gasteiger partial charge on any atom is 0.244 e. The lowest BCUT2D eigenvalue weighted by molar-refractivity contribution is -0.122. The van der Waals surface area contributed by atoms with Gasteiger partial charge in [-0.2, -0.15) is 0 Å². The number of hydrogen-bond donors (Lipinski definition) is 1. The van der Waals surface area contributed by atoms with Crippen LogP contribution in [-0.2, 0) is 14.8 Å². The highest BCUT2D eigenvalue weighted by Crippen LogP contribution is 2.33. The lowest BCUT2D eigenvalue weighted by atomic mass is 10.1. The maximum atomic E-state index is 13.1. The molecule has 1 aliphatic rings. The van der Waals surface area contributed by atoms with Crippen LogP contribution in [0.5, 0.6) is 17.2 Å². The summed E-state index contributed by atoms with van der Waals surface area (Å²) in [5.74, 6) is 1.52. The summed E-state index contributed by atoms with van der Waals surface area (Å²) in [6.07, 6.45) is 1.40. The summed E-state index contributed by atoms with van der Waals surface area (Å²) in [7, 11) is -2.18. The largest absolute Gasteiger partial charge is 0.497 e. The van der Waals surface area contributed by atoms with Gasteiger partial charge in [0.15, 0.2) is 11.5 Å². The molecule has 2 aromatic carbocycles. The summed E-state index contributed by atoms with van der Waals surface area (Å²) in [6.45, 7) is 4.60. The van der Waals surface area contributed by atoms with E-state index in [1.807, 2.05) is 25.1 Å². The van der Waals surface area contributed by atoms with Crippen LogP contribution in [0.25, 0.3) is 0 Å². The van der Waals surface area contributed by atoms with Gasteiger partial charge in [0.05, 0.1) is 25.1 Å². The molecule has 0 fully saturated rings. The Morgan fingerprint density at radius 2 is 1.77 bits per heavy atom. The molecular weight excluding hydrogens is 420 g/mol. The van der Waals surface area contributed by atoms with E-state index >= 15 is 0 Å². The van der Waals surface area contributed by atoms with Crippen molar-refractivity contribution in [3.05, 3.63) is 48.0 Å². The molecule has 2 aromatic rings. The third kappa shape index (κ3) is 5.22. The van der Waals surface area contributed by atoms with Crippen LogP contribution in [0.3, 0.4) is 0 Å². The van der Waals surface area contributed by atoms with Gasteiger partial charge in [0, 0.05) is 0 Å². The van der Waals surface area contributed by atoms with Crippen molar-refractivity contribution in [3.8, 4) is 17.2 Å². The molecule has 8 nitrogen and oxygen atoms in total. The second-order valence-corrected chi connectivity index (χ2v) is 9.17. The fourth-order valence-corrected chi connectivity index (χ4v) is 4.72. The standard InChI is InChI=1S/C22H28N2O6S/c1-5-19(24(31(4,26)27)17-7-9-18(28-3)10-8-17)22(25)23-15(2)16-6-11-20-21(14-16)30-13-12-29-20/h6-11,14-15,19H,5,12-13H2,1-4H3,(H,23,25)/t15-,19-/m0/s1. The highest BCUT2D eigenvalue weighted by molar-refractivity contribution is 7.92. The summed E-state index contributed by atoms with van der Waals surface area (Å²) < 4.78 is 42.6. The highest BCUT2D eigenvalue weighted by Gasteiger charge is 2.32. The van der Waals surface area contributed by atoms with Gasteiger partial charge in [0.25, 0.3) is 0 Å². The zero-order chi connectivity index (χ0) is 22.6. The van der Waals surface area contributed by atoms with E-state index in [4.69, 9.17) is 14.2 Å². The van der Waals surface area contributed by atoms with Crippen molar-refractivity contribution >= 4 is 21.6 Å². The summed E-state index contributed by atoms with van der Waals surface area (Å²) in [5.41, 5.74) is 1.24. The number of anilines is 1. The minimum atomic E-state index is -3.71. The van der Waals surface area contributed by atoms with Crippen molar-refractivity contribution in [2.75, 3.05) is 30.9 Å². The average molecular weight is 449 g/mol. The van der Waals surface area contributed by atoms with Gasteiger partial charge in [-0.15, -0.1) is 0 Å². The zero-order valence-corrected chi connectivity index (χ0v) is 18.9. The monoisotopic (exact) mass is 448 g/mol. The van der Waals surface area contributed by atoms with Gasteiger partial charge in [-0.1, -0.05) is 13.0 Å². The third-order valence-electron chi connectivity index (χ3n) is 5.08. The second-order valence-electron chi connectivity index (χ2n) is 7.31. The van der Waals surface area contributed by atoms with E-state index in [-0.39, 0.29) is 11.9 Å². The van der Waals surface area contributed by atoms with Crippen molar-refractivity contribution in [2.45, 2.75) is 32.4 Å². The van der Waals surface area contributed by atoms with Crippen LogP contribution in [0.15, 0.2) is 42.5 Å². The molecule has 0 unspecified atom stereocenters. The van der Waals surface area contributed by atoms with E-state index in [9.17, 15) is 13.2 Å². The van der Waals surface area contributed by atoms with Crippen molar-refractivity contribution in [3.63, 3.8) is 0 Å². The Bertz CT molecular complexity index is 1020. The molecule has 9 heteroatoms. The molecule has 1 amide bonds. The number of fused-ring (bicyclic) bond motifs is 1. The Morgan fingerprint density at radius 3 is 2.35 bits per heavy atom. The van der Waals surface area contributed by atoms with E-state index < -0.39 is 16.1 Å². The molecule has 0 saturated heterocycles. The lowest BCUT2D eigenvalue weighted by Gasteiger charge is -2.31. The number of nitrogens with zero attached hydrogens (tertiary/aromatic N) is 1. The van der Waals surface area contributed by atoms with Crippen LogP contribution >= 0.6 is 0 Å².